The lowest BCUT2D eigenvalue weighted by Gasteiger charge is -2.23. The Morgan fingerprint density at radius 2 is 2.38 bits per heavy atom. The average molecular weight is 228 g/mol. The van der Waals surface area contributed by atoms with Crippen molar-refractivity contribution in [1.29, 1.82) is 0 Å². The largest absolute Gasteiger partial charge is 0.450 e. The number of carbonyl (C=O) groups excluding carboxylic acids is 1. The van der Waals surface area contributed by atoms with Crippen molar-refractivity contribution in [3.63, 3.8) is 0 Å². The summed E-state index contributed by atoms with van der Waals surface area (Å²) < 4.78 is 5.00. The minimum Gasteiger partial charge on any atom is -0.450 e. The van der Waals surface area contributed by atoms with Crippen LogP contribution in [0.2, 0.25) is 0 Å². The molecule has 1 aliphatic heterocycles. The Bertz CT molecular complexity index is 191. The van der Waals surface area contributed by atoms with Crippen molar-refractivity contribution in [3.05, 3.63) is 0 Å². The molecule has 4 heteroatoms. The number of ether oxygens (including phenoxy) is 1. The highest BCUT2D eigenvalue weighted by atomic mass is 16.5. The molecule has 0 bridgehead atoms. The summed E-state index contributed by atoms with van der Waals surface area (Å²) in [6, 6.07) is 0.574. The van der Waals surface area contributed by atoms with Gasteiger partial charge < -0.3 is 15.4 Å². The normalized spacial score (nSPS) is 20.4. The molecule has 1 saturated heterocycles. The number of amides is 1. The van der Waals surface area contributed by atoms with Gasteiger partial charge in [0.2, 0.25) is 0 Å². The predicted octanol–water partition coefficient (Wildman–Crippen LogP) is 2.04. The molecule has 1 fully saturated rings. The second-order valence-electron chi connectivity index (χ2n) is 4.35. The molecule has 1 rings (SSSR count). The van der Waals surface area contributed by atoms with Crippen LogP contribution >= 0.6 is 0 Å². The van der Waals surface area contributed by atoms with Crippen molar-refractivity contribution in [2.45, 2.75) is 51.5 Å². The van der Waals surface area contributed by atoms with Crippen LogP contribution in [0, 0.1) is 0 Å². The second kappa shape index (κ2) is 8.39. The van der Waals surface area contributed by atoms with Gasteiger partial charge in [-0.25, -0.2) is 4.79 Å². The van der Waals surface area contributed by atoms with E-state index in [1.807, 2.05) is 0 Å². The smallest absolute Gasteiger partial charge is 0.407 e. The second-order valence-corrected chi connectivity index (χ2v) is 4.35. The number of nitrogens with one attached hydrogen (secondary N) is 2. The van der Waals surface area contributed by atoms with Gasteiger partial charge in [-0.1, -0.05) is 19.8 Å². The molecule has 0 spiro atoms. The lowest BCUT2D eigenvalue weighted by molar-refractivity contribution is 0.144. The molecule has 4 nitrogen and oxygen atoms in total. The Balaban J connectivity index is 1.94. The van der Waals surface area contributed by atoms with Gasteiger partial charge in [-0.15, -0.1) is 0 Å². The summed E-state index contributed by atoms with van der Waals surface area (Å²) in [6.45, 7) is 4.44. The third-order valence-corrected chi connectivity index (χ3v) is 2.91. The van der Waals surface area contributed by atoms with Crippen LogP contribution < -0.4 is 10.6 Å². The van der Waals surface area contributed by atoms with E-state index in [9.17, 15) is 4.79 Å². The lowest BCUT2D eigenvalue weighted by Crippen LogP contribution is -2.37. The molecular formula is C12H24N2O2. The number of carbonyl (C=O) groups is 1. The zero-order chi connectivity index (χ0) is 11.6. The van der Waals surface area contributed by atoms with Crippen LogP contribution in [0.5, 0.6) is 0 Å². The summed E-state index contributed by atoms with van der Waals surface area (Å²) in [5.41, 5.74) is 0. The molecule has 0 aromatic heterocycles. The Kier molecular flexibility index (Phi) is 6.97. The van der Waals surface area contributed by atoms with Crippen molar-refractivity contribution in [2.24, 2.45) is 0 Å². The van der Waals surface area contributed by atoms with Gasteiger partial charge in [0.25, 0.3) is 0 Å². The van der Waals surface area contributed by atoms with Gasteiger partial charge in [0.1, 0.15) is 0 Å². The minimum absolute atomic E-state index is 0.274. The number of unbranched alkanes of at least 4 members (excludes halogenated alkanes) is 1. The van der Waals surface area contributed by atoms with E-state index in [1.165, 1.54) is 19.3 Å². The van der Waals surface area contributed by atoms with Gasteiger partial charge in [-0.2, -0.15) is 0 Å². The highest BCUT2D eigenvalue weighted by molar-refractivity contribution is 5.66. The van der Waals surface area contributed by atoms with Crippen LogP contribution in [0.15, 0.2) is 0 Å². The van der Waals surface area contributed by atoms with Crippen LogP contribution in [0.1, 0.15) is 45.4 Å². The third kappa shape index (κ3) is 5.95. The van der Waals surface area contributed by atoms with Crippen LogP contribution in [0.4, 0.5) is 4.79 Å². The average Bonchev–Trinajstić information content (AvgIpc) is 2.31. The Labute approximate surface area is 98.1 Å². The van der Waals surface area contributed by atoms with E-state index in [0.29, 0.717) is 19.2 Å². The fourth-order valence-electron chi connectivity index (χ4n) is 1.88. The highest BCUT2D eigenvalue weighted by Crippen LogP contribution is 2.09. The summed E-state index contributed by atoms with van der Waals surface area (Å²) in [6.07, 6.45) is 6.54. The number of rotatable bonds is 6. The molecule has 0 saturated carbocycles. The quantitative estimate of drug-likeness (QED) is 0.684. The molecule has 1 aliphatic rings. The van der Waals surface area contributed by atoms with Crippen molar-refractivity contribution >= 4 is 6.09 Å². The van der Waals surface area contributed by atoms with Gasteiger partial charge in [-0.05, 0) is 32.2 Å². The highest BCUT2D eigenvalue weighted by Gasteiger charge is 2.12. The van der Waals surface area contributed by atoms with E-state index in [4.69, 9.17) is 4.74 Å². The van der Waals surface area contributed by atoms with Gasteiger partial charge in [0, 0.05) is 12.6 Å². The van der Waals surface area contributed by atoms with Crippen molar-refractivity contribution in [1.82, 2.24) is 10.6 Å². The summed E-state index contributed by atoms with van der Waals surface area (Å²) in [5, 5.41) is 6.24. The fourth-order valence-corrected chi connectivity index (χ4v) is 1.88. The maximum absolute atomic E-state index is 11.2. The van der Waals surface area contributed by atoms with Crippen LogP contribution in [-0.2, 0) is 4.74 Å². The lowest BCUT2D eigenvalue weighted by atomic mass is 10.0. The number of piperidine rings is 1. The Hall–Kier alpha value is -0.770. The minimum atomic E-state index is -0.274. The van der Waals surface area contributed by atoms with E-state index >= 15 is 0 Å². The van der Waals surface area contributed by atoms with Gasteiger partial charge in [-0.3, -0.25) is 0 Å². The molecular weight excluding hydrogens is 204 g/mol. The molecule has 1 atom stereocenters. The zero-order valence-corrected chi connectivity index (χ0v) is 10.3. The van der Waals surface area contributed by atoms with Crippen molar-refractivity contribution in [2.75, 3.05) is 19.7 Å². The van der Waals surface area contributed by atoms with Gasteiger partial charge in [0.05, 0.1) is 6.61 Å². The Morgan fingerprint density at radius 3 is 3.06 bits per heavy atom. The Morgan fingerprint density at radius 1 is 1.50 bits per heavy atom. The first kappa shape index (κ1) is 13.3. The molecule has 1 heterocycles. The molecule has 94 valence electrons. The molecule has 1 amide bonds. The van der Waals surface area contributed by atoms with Gasteiger partial charge in [0.15, 0.2) is 0 Å². The number of hydrogen-bond acceptors (Lipinski definition) is 3. The summed E-state index contributed by atoms with van der Waals surface area (Å²) in [7, 11) is 0. The summed E-state index contributed by atoms with van der Waals surface area (Å²) in [5.74, 6) is 0. The molecule has 0 aromatic carbocycles. The summed E-state index contributed by atoms with van der Waals surface area (Å²) in [4.78, 5) is 11.2. The van der Waals surface area contributed by atoms with Crippen LogP contribution in [-0.4, -0.2) is 31.8 Å². The molecule has 16 heavy (non-hydrogen) atoms. The fraction of sp³-hybridized carbons (Fsp3) is 0.917. The summed E-state index contributed by atoms with van der Waals surface area (Å²) >= 11 is 0. The topological polar surface area (TPSA) is 50.4 Å². The molecule has 0 radical (unpaired) electrons. The third-order valence-electron chi connectivity index (χ3n) is 2.91. The van der Waals surface area contributed by atoms with Crippen LogP contribution in [0.25, 0.3) is 0 Å². The SMILES string of the molecule is CCCCOC(=O)NCCC1CCCCN1. The number of hydrogen-bond donors (Lipinski definition) is 2. The maximum atomic E-state index is 11.2. The molecule has 2 N–H and O–H groups in total. The van der Waals surface area contributed by atoms with Crippen LogP contribution in [0.3, 0.4) is 0 Å². The van der Waals surface area contributed by atoms with Gasteiger partial charge >= 0.3 is 6.09 Å². The zero-order valence-electron chi connectivity index (χ0n) is 10.3. The van der Waals surface area contributed by atoms with E-state index in [1.54, 1.807) is 0 Å². The first-order valence-corrected chi connectivity index (χ1v) is 6.47. The van der Waals surface area contributed by atoms with E-state index < -0.39 is 0 Å². The van der Waals surface area contributed by atoms with E-state index in [0.717, 1.165) is 25.8 Å². The molecule has 1 unspecified atom stereocenters. The van der Waals surface area contributed by atoms with E-state index in [-0.39, 0.29) is 6.09 Å². The van der Waals surface area contributed by atoms with E-state index in [2.05, 4.69) is 17.6 Å². The first-order chi connectivity index (χ1) is 7.83. The van der Waals surface area contributed by atoms with Crippen molar-refractivity contribution in [3.8, 4) is 0 Å². The maximum Gasteiger partial charge on any atom is 0.407 e. The monoisotopic (exact) mass is 228 g/mol. The van der Waals surface area contributed by atoms with Crippen molar-refractivity contribution < 1.29 is 9.53 Å². The number of alkyl carbamates (subject to hydrolysis) is 1. The first-order valence-electron chi connectivity index (χ1n) is 6.47. The molecule has 0 aromatic rings. The molecule has 0 aliphatic carbocycles. The standard InChI is InChI=1S/C12H24N2O2/c1-2-3-10-16-12(15)14-9-7-11-6-4-5-8-13-11/h11,13H,2-10H2,1H3,(H,14,15). The predicted molar refractivity (Wildman–Crippen MR) is 64.5 cm³/mol.